The fourth-order valence-corrected chi connectivity index (χ4v) is 3.60. The standard InChI is InChI=1S/C19H12N2O2S/c1-2-10-21-17(13-7-4-3-5-8-13)20-18-16(19(21)22)14(12-24-18)15-9-6-11-23-15/h1,3-9,11-12H,10H2. The molecule has 3 aromatic heterocycles. The smallest absolute Gasteiger partial charge is 0.264 e. The van der Waals surface area contributed by atoms with Gasteiger partial charge in [0.05, 0.1) is 18.2 Å². The Bertz CT molecular complexity index is 1100. The predicted octanol–water partition coefficient (Wildman–Crippen LogP) is 4.02. The van der Waals surface area contributed by atoms with E-state index in [4.69, 9.17) is 15.8 Å². The molecule has 0 aliphatic heterocycles. The van der Waals surface area contributed by atoms with Crippen LogP contribution < -0.4 is 5.56 Å². The van der Waals surface area contributed by atoms with Crippen molar-refractivity contribution in [2.24, 2.45) is 0 Å². The molecule has 0 aliphatic rings. The second-order valence-corrected chi connectivity index (χ2v) is 6.06. The molecule has 1 aromatic carbocycles. The van der Waals surface area contributed by atoms with Crippen molar-refractivity contribution in [2.75, 3.05) is 0 Å². The molecule has 0 amide bonds. The van der Waals surface area contributed by atoms with Crippen molar-refractivity contribution in [2.45, 2.75) is 6.54 Å². The molecule has 3 heterocycles. The Balaban J connectivity index is 2.05. The third kappa shape index (κ3) is 2.25. The van der Waals surface area contributed by atoms with E-state index in [1.54, 1.807) is 12.3 Å². The van der Waals surface area contributed by atoms with Crippen LogP contribution in [0.3, 0.4) is 0 Å². The minimum Gasteiger partial charge on any atom is -0.464 e. The molecule has 116 valence electrons. The molecule has 0 N–H and O–H groups in total. The zero-order chi connectivity index (χ0) is 16.5. The Hall–Kier alpha value is -3.10. The maximum absolute atomic E-state index is 13.1. The molecule has 24 heavy (non-hydrogen) atoms. The van der Waals surface area contributed by atoms with Gasteiger partial charge >= 0.3 is 0 Å². The van der Waals surface area contributed by atoms with Crippen LogP contribution in [0.4, 0.5) is 0 Å². The summed E-state index contributed by atoms with van der Waals surface area (Å²) in [4.78, 5) is 18.5. The van der Waals surface area contributed by atoms with Crippen molar-refractivity contribution in [3.05, 3.63) is 64.5 Å². The predicted molar refractivity (Wildman–Crippen MR) is 95.9 cm³/mol. The molecule has 4 nitrogen and oxygen atoms in total. The summed E-state index contributed by atoms with van der Waals surface area (Å²) in [7, 11) is 0. The number of thiophene rings is 1. The first-order valence-electron chi connectivity index (χ1n) is 7.34. The van der Waals surface area contributed by atoms with Crippen LogP contribution >= 0.6 is 11.3 Å². The molecule has 0 aliphatic carbocycles. The zero-order valence-corrected chi connectivity index (χ0v) is 13.4. The Kier molecular flexibility index (Phi) is 3.52. The van der Waals surface area contributed by atoms with Gasteiger partial charge in [-0.1, -0.05) is 36.3 Å². The van der Waals surface area contributed by atoms with Gasteiger partial charge in [0.15, 0.2) is 0 Å². The topological polar surface area (TPSA) is 48.0 Å². The normalized spacial score (nSPS) is 10.8. The van der Waals surface area contributed by atoms with Crippen LogP contribution in [0.25, 0.3) is 32.9 Å². The Labute approximate surface area is 142 Å². The molecule has 0 spiro atoms. The molecule has 0 radical (unpaired) electrons. The summed E-state index contributed by atoms with van der Waals surface area (Å²) >= 11 is 1.43. The highest BCUT2D eigenvalue weighted by molar-refractivity contribution is 7.17. The fraction of sp³-hybridized carbons (Fsp3) is 0.0526. The lowest BCUT2D eigenvalue weighted by Crippen LogP contribution is -2.22. The summed E-state index contributed by atoms with van der Waals surface area (Å²) in [6.07, 6.45) is 7.06. The van der Waals surface area contributed by atoms with Gasteiger partial charge in [-0.05, 0) is 12.1 Å². The van der Waals surface area contributed by atoms with Gasteiger partial charge in [0, 0.05) is 16.5 Å². The number of aromatic nitrogens is 2. The summed E-state index contributed by atoms with van der Waals surface area (Å²) in [5.41, 5.74) is 1.46. The van der Waals surface area contributed by atoms with Crippen LogP contribution in [0.5, 0.6) is 0 Å². The number of terminal acetylenes is 1. The van der Waals surface area contributed by atoms with Crippen molar-refractivity contribution in [3.8, 4) is 35.1 Å². The van der Waals surface area contributed by atoms with E-state index < -0.39 is 0 Å². The number of rotatable bonds is 3. The van der Waals surface area contributed by atoms with Gasteiger partial charge < -0.3 is 4.42 Å². The van der Waals surface area contributed by atoms with Gasteiger partial charge in [0.1, 0.15) is 16.4 Å². The Morgan fingerprint density at radius 3 is 2.75 bits per heavy atom. The third-order valence-corrected chi connectivity index (χ3v) is 4.63. The largest absolute Gasteiger partial charge is 0.464 e. The monoisotopic (exact) mass is 332 g/mol. The SMILES string of the molecule is C#CCn1c(-c2ccccc2)nc2scc(-c3ccco3)c2c1=O. The first-order valence-corrected chi connectivity index (χ1v) is 8.22. The maximum Gasteiger partial charge on any atom is 0.264 e. The van der Waals surface area contributed by atoms with Crippen LogP contribution in [0.2, 0.25) is 0 Å². The highest BCUT2D eigenvalue weighted by Crippen LogP contribution is 2.32. The lowest BCUT2D eigenvalue weighted by Gasteiger charge is -2.10. The second-order valence-electron chi connectivity index (χ2n) is 5.20. The number of furan rings is 1. The fourth-order valence-electron chi connectivity index (χ4n) is 2.68. The maximum atomic E-state index is 13.1. The summed E-state index contributed by atoms with van der Waals surface area (Å²) in [5, 5.41) is 2.44. The summed E-state index contributed by atoms with van der Waals surface area (Å²) in [6.45, 7) is 0.166. The van der Waals surface area contributed by atoms with E-state index in [0.29, 0.717) is 21.8 Å². The molecule has 4 aromatic rings. The van der Waals surface area contributed by atoms with Crippen LogP contribution in [-0.4, -0.2) is 9.55 Å². The van der Waals surface area contributed by atoms with Gasteiger partial charge in [0.25, 0.3) is 5.56 Å². The second kappa shape index (κ2) is 5.84. The minimum atomic E-state index is -0.149. The van der Waals surface area contributed by atoms with Crippen molar-refractivity contribution < 1.29 is 4.42 Å². The molecule has 4 rings (SSSR count). The van der Waals surface area contributed by atoms with Gasteiger partial charge in [-0.25, -0.2) is 4.98 Å². The molecule has 0 bridgehead atoms. The molecular formula is C19H12N2O2S. The van der Waals surface area contributed by atoms with Crippen molar-refractivity contribution in [3.63, 3.8) is 0 Å². The number of hydrogen-bond acceptors (Lipinski definition) is 4. The molecule has 5 heteroatoms. The number of benzene rings is 1. The Morgan fingerprint density at radius 2 is 2.04 bits per heavy atom. The third-order valence-electron chi connectivity index (χ3n) is 3.76. The number of hydrogen-bond donors (Lipinski definition) is 0. The van der Waals surface area contributed by atoms with E-state index in [0.717, 1.165) is 11.1 Å². The van der Waals surface area contributed by atoms with E-state index >= 15 is 0 Å². The molecular weight excluding hydrogens is 320 g/mol. The van der Waals surface area contributed by atoms with Crippen molar-refractivity contribution in [1.29, 1.82) is 0 Å². The van der Waals surface area contributed by atoms with Crippen LogP contribution in [-0.2, 0) is 6.54 Å². The van der Waals surface area contributed by atoms with E-state index in [2.05, 4.69) is 5.92 Å². The van der Waals surface area contributed by atoms with Crippen LogP contribution in [0.1, 0.15) is 0 Å². The quantitative estimate of drug-likeness (QED) is 0.532. The summed E-state index contributed by atoms with van der Waals surface area (Å²) in [6, 6.07) is 13.2. The number of nitrogens with zero attached hydrogens (tertiary/aromatic N) is 2. The molecule has 0 atom stereocenters. The molecule has 0 saturated heterocycles. The minimum absolute atomic E-state index is 0.149. The molecule has 0 unspecified atom stereocenters. The van der Waals surface area contributed by atoms with Crippen molar-refractivity contribution >= 4 is 21.6 Å². The van der Waals surface area contributed by atoms with Gasteiger partial charge in [0.2, 0.25) is 0 Å². The van der Waals surface area contributed by atoms with Gasteiger partial charge in [-0.15, -0.1) is 17.8 Å². The van der Waals surface area contributed by atoms with E-state index in [9.17, 15) is 4.79 Å². The average Bonchev–Trinajstić information content (AvgIpc) is 3.27. The first-order chi connectivity index (χ1) is 11.8. The summed E-state index contributed by atoms with van der Waals surface area (Å²) in [5.74, 6) is 3.78. The summed E-state index contributed by atoms with van der Waals surface area (Å²) < 4.78 is 6.98. The molecule has 0 fully saturated rings. The highest BCUT2D eigenvalue weighted by atomic mass is 32.1. The number of fused-ring (bicyclic) bond motifs is 1. The van der Waals surface area contributed by atoms with Crippen LogP contribution in [0, 0.1) is 12.3 Å². The first kappa shape index (κ1) is 14.5. The van der Waals surface area contributed by atoms with E-state index in [1.165, 1.54) is 15.9 Å². The van der Waals surface area contributed by atoms with Gasteiger partial charge in [-0.2, -0.15) is 0 Å². The lowest BCUT2D eigenvalue weighted by molar-refractivity contribution is 0.583. The van der Waals surface area contributed by atoms with Crippen molar-refractivity contribution in [1.82, 2.24) is 9.55 Å². The lowest BCUT2D eigenvalue weighted by atomic mass is 10.1. The van der Waals surface area contributed by atoms with Crippen LogP contribution in [0.15, 0.2) is 63.3 Å². The Morgan fingerprint density at radius 1 is 1.21 bits per heavy atom. The van der Waals surface area contributed by atoms with E-state index in [-0.39, 0.29) is 12.1 Å². The van der Waals surface area contributed by atoms with Gasteiger partial charge in [-0.3, -0.25) is 9.36 Å². The van der Waals surface area contributed by atoms with E-state index in [1.807, 2.05) is 41.8 Å². The highest BCUT2D eigenvalue weighted by Gasteiger charge is 2.18. The zero-order valence-electron chi connectivity index (χ0n) is 12.6. The average molecular weight is 332 g/mol. The molecule has 0 saturated carbocycles.